The molecular weight excluding hydrogens is 186 g/mol. The van der Waals surface area contributed by atoms with Crippen LogP contribution in [0.15, 0.2) is 24.3 Å². The van der Waals surface area contributed by atoms with Crippen LogP contribution in [0.25, 0.3) is 0 Å². The molecule has 1 aromatic rings. The van der Waals surface area contributed by atoms with Gasteiger partial charge in [0.05, 0.1) is 19.3 Å². The van der Waals surface area contributed by atoms with Crippen molar-refractivity contribution in [1.82, 2.24) is 5.32 Å². The smallest absolute Gasteiger partial charge is 0.0721 e. The molecule has 0 aromatic heterocycles. The van der Waals surface area contributed by atoms with Gasteiger partial charge in [0.15, 0.2) is 0 Å². The Bertz CT molecular complexity index is 322. The first-order chi connectivity index (χ1) is 7.27. The highest BCUT2D eigenvalue weighted by atomic mass is 16.5. The number of benzene rings is 1. The van der Waals surface area contributed by atoms with Crippen LogP contribution in [0, 0.1) is 5.92 Å². The predicted molar refractivity (Wildman–Crippen MR) is 61.7 cm³/mol. The molecule has 2 nitrogen and oxygen atoms in total. The van der Waals surface area contributed by atoms with E-state index in [0.29, 0.717) is 12.0 Å². The lowest BCUT2D eigenvalue weighted by molar-refractivity contribution is 0.0813. The lowest BCUT2D eigenvalue weighted by Gasteiger charge is -2.27. The van der Waals surface area contributed by atoms with Crippen LogP contribution in [-0.4, -0.2) is 13.2 Å². The fourth-order valence-electron chi connectivity index (χ4n) is 1.93. The van der Waals surface area contributed by atoms with Gasteiger partial charge >= 0.3 is 0 Å². The first-order valence-electron chi connectivity index (χ1n) is 5.66. The van der Waals surface area contributed by atoms with E-state index in [0.717, 1.165) is 19.8 Å². The fourth-order valence-corrected chi connectivity index (χ4v) is 1.93. The van der Waals surface area contributed by atoms with Crippen molar-refractivity contribution in [2.24, 2.45) is 5.92 Å². The molecule has 1 unspecified atom stereocenters. The van der Waals surface area contributed by atoms with Crippen LogP contribution in [0.4, 0.5) is 0 Å². The van der Waals surface area contributed by atoms with Gasteiger partial charge in [-0.3, -0.25) is 0 Å². The fraction of sp³-hybridized carbons (Fsp3) is 0.538. The third kappa shape index (κ3) is 2.58. The molecule has 0 amide bonds. The summed E-state index contributed by atoms with van der Waals surface area (Å²) in [5.74, 6) is 0.680. The molecule has 82 valence electrons. The van der Waals surface area contributed by atoms with Crippen LogP contribution in [0.5, 0.6) is 0 Å². The zero-order valence-electron chi connectivity index (χ0n) is 9.49. The van der Waals surface area contributed by atoms with Gasteiger partial charge in [0.1, 0.15) is 0 Å². The van der Waals surface area contributed by atoms with Crippen LogP contribution in [-0.2, 0) is 11.3 Å². The number of rotatable bonds is 3. The Hall–Kier alpha value is -0.860. The lowest BCUT2D eigenvalue weighted by Crippen LogP contribution is -2.32. The average molecular weight is 205 g/mol. The minimum atomic E-state index is 0.373. The second-order valence-corrected chi connectivity index (χ2v) is 4.57. The Morgan fingerprint density at radius 2 is 2.20 bits per heavy atom. The molecule has 0 saturated heterocycles. The van der Waals surface area contributed by atoms with Gasteiger partial charge in [-0.25, -0.2) is 0 Å². The van der Waals surface area contributed by atoms with Crippen molar-refractivity contribution in [2.75, 3.05) is 13.2 Å². The maximum atomic E-state index is 5.58. The lowest BCUT2D eigenvalue weighted by atomic mass is 9.99. The SMILES string of the molecule is CC(C)CNC1COCc2ccccc21. The quantitative estimate of drug-likeness (QED) is 0.818. The minimum absolute atomic E-state index is 0.373. The van der Waals surface area contributed by atoms with Gasteiger partial charge < -0.3 is 10.1 Å². The monoisotopic (exact) mass is 205 g/mol. The van der Waals surface area contributed by atoms with E-state index in [2.05, 4.69) is 43.4 Å². The van der Waals surface area contributed by atoms with Gasteiger partial charge in [-0.05, 0) is 23.6 Å². The maximum Gasteiger partial charge on any atom is 0.0721 e. The number of nitrogens with one attached hydrogen (secondary N) is 1. The second kappa shape index (κ2) is 4.77. The van der Waals surface area contributed by atoms with Gasteiger partial charge in [-0.1, -0.05) is 38.1 Å². The molecule has 1 aliphatic heterocycles. The predicted octanol–water partition coefficient (Wildman–Crippen LogP) is 2.50. The third-order valence-electron chi connectivity index (χ3n) is 2.75. The average Bonchev–Trinajstić information content (AvgIpc) is 2.26. The standard InChI is InChI=1S/C13H19NO/c1-10(2)7-14-13-9-15-8-11-5-3-4-6-12(11)13/h3-6,10,13-14H,7-9H2,1-2H3. The first kappa shape index (κ1) is 10.7. The summed E-state index contributed by atoms with van der Waals surface area (Å²) >= 11 is 0. The Kier molecular flexibility index (Phi) is 3.39. The van der Waals surface area contributed by atoms with Crippen molar-refractivity contribution < 1.29 is 4.74 Å². The number of hydrogen-bond acceptors (Lipinski definition) is 2. The molecule has 1 N–H and O–H groups in total. The molecule has 0 bridgehead atoms. The number of ether oxygens (including phenoxy) is 1. The maximum absolute atomic E-state index is 5.58. The Balaban J connectivity index is 2.08. The van der Waals surface area contributed by atoms with Gasteiger partial charge in [-0.2, -0.15) is 0 Å². The van der Waals surface area contributed by atoms with Gasteiger partial charge in [-0.15, -0.1) is 0 Å². The first-order valence-corrected chi connectivity index (χ1v) is 5.66. The molecule has 15 heavy (non-hydrogen) atoms. The zero-order valence-corrected chi connectivity index (χ0v) is 9.49. The molecule has 0 fully saturated rings. The summed E-state index contributed by atoms with van der Waals surface area (Å²) < 4.78 is 5.58. The van der Waals surface area contributed by atoms with Crippen molar-refractivity contribution in [3.8, 4) is 0 Å². The van der Waals surface area contributed by atoms with Crippen molar-refractivity contribution in [2.45, 2.75) is 26.5 Å². The molecule has 2 heteroatoms. The molecule has 0 radical (unpaired) electrons. The van der Waals surface area contributed by atoms with Crippen LogP contribution >= 0.6 is 0 Å². The van der Waals surface area contributed by atoms with Crippen LogP contribution in [0.1, 0.15) is 31.0 Å². The largest absolute Gasteiger partial charge is 0.375 e. The summed E-state index contributed by atoms with van der Waals surface area (Å²) in [5, 5.41) is 3.55. The third-order valence-corrected chi connectivity index (χ3v) is 2.75. The molecule has 0 saturated carbocycles. The highest BCUT2D eigenvalue weighted by Gasteiger charge is 2.19. The van der Waals surface area contributed by atoms with E-state index in [9.17, 15) is 0 Å². The van der Waals surface area contributed by atoms with Gasteiger partial charge in [0.2, 0.25) is 0 Å². The van der Waals surface area contributed by atoms with E-state index < -0.39 is 0 Å². The van der Waals surface area contributed by atoms with E-state index in [1.807, 2.05) is 0 Å². The van der Waals surface area contributed by atoms with Crippen LogP contribution in [0.2, 0.25) is 0 Å². The summed E-state index contributed by atoms with van der Waals surface area (Å²) in [6, 6.07) is 8.91. The van der Waals surface area contributed by atoms with Crippen molar-refractivity contribution in [3.05, 3.63) is 35.4 Å². The zero-order chi connectivity index (χ0) is 10.7. The van der Waals surface area contributed by atoms with E-state index in [1.165, 1.54) is 11.1 Å². The molecular formula is C13H19NO. The second-order valence-electron chi connectivity index (χ2n) is 4.57. The molecule has 2 rings (SSSR count). The molecule has 0 spiro atoms. The number of fused-ring (bicyclic) bond motifs is 1. The van der Waals surface area contributed by atoms with Gasteiger partial charge in [0, 0.05) is 0 Å². The van der Waals surface area contributed by atoms with Crippen molar-refractivity contribution >= 4 is 0 Å². The topological polar surface area (TPSA) is 21.3 Å². The van der Waals surface area contributed by atoms with Crippen LogP contribution in [0.3, 0.4) is 0 Å². The Morgan fingerprint density at radius 3 is 3.00 bits per heavy atom. The molecule has 1 aliphatic rings. The summed E-state index contributed by atoms with van der Waals surface area (Å²) in [7, 11) is 0. The van der Waals surface area contributed by atoms with E-state index in [1.54, 1.807) is 0 Å². The molecule has 1 aromatic carbocycles. The van der Waals surface area contributed by atoms with E-state index >= 15 is 0 Å². The Labute approximate surface area is 91.6 Å². The van der Waals surface area contributed by atoms with Gasteiger partial charge in [0.25, 0.3) is 0 Å². The summed E-state index contributed by atoms with van der Waals surface area (Å²) in [6.07, 6.45) is 0. The summed E-state index contributed by atoms with van der Waals surface area (Å²) in [4.78, 5) is 0. The van der Waals surface area contributed by atoms with E-state index in [-0.39, 0.29) is 0 Å². The summed E-state index contributed by atoms with van der Waals surface area (Å²) in [5.41, 5.74) is 2.73. The Morgan fingerprint density at radius 1 is 1.40 bits per heavy atom. The molecule has 0 aliphatic carbocycles. The highest BCUT2D eigenvalue weighted by Crippen LogP contribution is 2.24. The van der Waals surface area contributed by atoms with E-state index in [4.69, 9.17) is 4.74 Å². The molecule has 1 heterocycles. The summed E-state index contributed by atoms with van der Waals surface area (Å²) in [6.45, 7) is 7.05. The highest BCUT2D eigenvalue weighted by molar-refractivity contribution is 5.30. The number of hydrogen-bond donors (Lipinski definition) is 1. The van der Waals surface area contributed by atoms with Crippen molar-refractivity contribution in [3.63, 3.8) is 0 Å². The van der Waals surface area contributed by atoms with Crippen molar-refractivity contribution in [1.29, 1.82) is 0 Å². The normalized spacial score (nSPS) is 20.3. The van der Waals surface area contributed by atoms with Crippen LogP contribution < -0.4 is 5.32 Å². The molecule has 1 atom stereocenters. The minimum Gasteiger partial charge on any atom is -0.375 e.